The third-order valence-electron chi connectivity index (χ3n) is 3.98. The molecule has 211 valence electrons. The monoisotopic (exact) mass is 604 g/mol. The van der Waals surface area contributed by atoms with E-state index in [4.69, 9.17) is 5.73 Å². The molecule has 2 aromatic carbocycles. The molecule has 3 radical (unpaired) electrons. The molecule has 0 aliphatic heterocycles. The van der Waals surface area contributed by atoms with Crippen LogP contribution in [0.2, 0.25) is 0 Å². The third-order valence-corrected chi connectivity index (χ3v) is 5.72. The molecule has 0 spiro atoms. The first-order valence-electron chi connectivity index (χ1n) is 11.8. The van der Waals surface area contributed by atoms with Crippen LogP contribution in [-0.4, -0.2) is 32.2 Å². The van der Waals surface area contributed by atoms with Gasteiger partial charge in [0.15, 0.2) is 6.29 Å². The number of hydrogen-bond acceptors (Lipinski definition) is 10. The van der Waals surface area contributed by atoms with Gasteiger partial charge in [0.25, 0.3) is 0 Å². The Hall–Kier alpha value is -3.22. The van der Waals surface area contributed by atoms with Crippen molar-refractivity contribution >= 4 is 60.6 Å². The van der Waals surface area contributed by atoms with Gasteiger partial charge in [-0.3, -0.25) is 9.59 Å². The van der Waals surface area contributed by atoms with E-state index in [2.05, 4.69) is 70.3 Å². The van der Waals surface area contributed by atoms with E-state index in [1.807, 2.05) is 53.1 Å². The Kier molecular flexibility index (Phi) is 26.3. The number of aldehydes is 1. The summed E-state index contributed by atoms with van der Waals surface area (Å²) < 4.78 is 3.61. The largest absolute Gasteiger partial charge is 1.00 e. The van der Waals surface area contributed by atoms with Crippen LogP contribution in [0.5, 0.6) is 0 Å². The number of aryl methyl sites for hydroxylation is 2. The summed E-state index contributed by atoms with van der Waals surface area (Å²) in [7, 11) is 4.32. The molecule has 2 aromatic heterocycles. The Morgan fingerprint density at radius 3 is 1.54 bits per heavy atom. The Labute approximate surface area is 272 Å². The van der Waals surface area contributed by atoms with E-state index in [0.29, 0.717) is 0 Å². The topological polar surface area (TPSA) is 122 Å². The van der Waals surface area contributed by atoms with E-state index in [0.717, 1.165) is 37.1 Å². The summed E-state index contributed by atoms with van der Waals surface area (Å²) in [5.74, 6) is -1.74. The van der Waals surface area contributed by atoms with Crippen LogP contribution < -0.4 is 35.3 Å². The van der Waals surface area contributed by atoms with Gasteiger partial charge in [-0.15, -0.1) is 22.7 Å². The van der Waals surface area contributed by atoms with Gasteiger partial charge >= 0.3 is 41.5 Å². The number of anilines is 1. The zero-order valence-electron chi connectivity index (χ0n) is 23.6. The Balaban J connectivity index is 0. The van der Waals surface area contributed by atoms with Crippen molar-refractivity contribution in [3.8, 4) is 0 Å². The fourth-order valence-electron chi connectivity index (χ4n) is 2.30. The number of carbonyl (C=O) groups excluding carboxylic acids is 4. The third kappa shape index (κ3) is 26.8. The van der Waals surface area contributed by atoms with E-state index in [-0.39, 0.29) is 29.6 Å². The van der Waals surface area contributed by atoms with Crippen LogP contribution in [0.25, 0.3) is 0 Å². The molecule has 0 saturated heterocycles. The minimum absolute atomic E-state index is 0. The molecule has 41 heavy (non-hydrogen) atoms. The molecular weight excluding hydrogens is 572 g/mol. The van der Waals surface area contributed by atoms with Crippen LogP contribution in [0.15, 0.2) is 95.7 Å². The van der Waals surface area contributed by atoms with Crippen LogP contribution in [0, 0.1) is 0 Å². The molecule has 4 rings (SSSR count). The maximum atomic E-state index is 9.88. The van der Waals surface area contributed by atoms with Gasteiger partial charge in [-0.2, -0.15) is 0 Å². The zero-order chi connectivity index (χ0) is 30.0. The molecule has 0 aliphatic carbocycles. The van der Waals surface area contributed by atoms with E-state index in [1.54, 1.807) is 6.07 Å². The average Bonchev–Trinajstić information content (AvgIpc) is 3.68. The van der Waals surface area contributed by atoms with Crippen molar-refractivity contribution in [2.75, 3.05) is 5.73 Å². The number of nitrogen functional groups attached to an aromatic ring is 1. The summed E-state index contributed by atoms with van der Waals surface area (Å²) in [4.78, 5) is 48.9. The van der Waals surface area contributed by atoms with Crippen LogP contribution in [0.4, 0.5) is 5.69 Å². The summed E-state index contributed by atoms with van der Waals surface area (Å²) >= 11 is 3.30. The second-order valence-electron chi connectivity index (χ2n) is 7.37. The van der Waals surface area contributed by atoms with Crippen molar-refractivity contribution < 1.29 is 63.2 Å². The Bertz CT molecular complexity index is 1180. The summed E-state index contributed by atoms with van der Waals surface area (Å²) in [6, 6.07) is 28.1. The van der Waals surface area contributed by atoms with E-state index < -0.39 is 17.9 Å². The number of hydrogen-bond donors (Lipinski definition) is 1. The molecule has 0 fully saturated rings. The first kappa shape index (κ1) is 39.9. The molecule has 2 N–H and O–H groups in total. The van der Waals surface area contributed by atoms with Gasteiger partial charge in [0.1, 0.15) is 0 Å². The summed E-state index contributed by atoms with van der Waals surface area (Å²) in [5.41, 5.74) is 7.61. The number of thiophene rings is 2. The fourth-order valence-corrected chi connectivity index (χ4v) is 3.53. The molecule has 0 aliphatic rings. The predicted octanol–water partition coefficient (Wildman–Crippen LogP) is 3.03. The van der Waals surface area contributed by atoms with E-state index in [9.17, 15) is 19.2 Å². The normalized spacial score (nSPS) is 8.49. The van der Waals surface area contributed by atoms with Gasteiger partial charge in [-0.1, -0.05) is 60.7 Å². The second kappa shape index (κ2) is 27.0. The Morgan fingerprint density at radius 2 is 1.22 bits per heavy atom. The SMILES string of the molecule is CC(=O)OOC(C)=O.Nc1ccccc1.O=Cc1cccs1.[B-]OC(C)=O.[Na+].c1ccc(CCc2cccs2)cc1. The molecule has 4 aromatic rings. The van der Waals surface area contributed by atoms with Gasteiger partial charge in [0, 0.05) is 31.3 Å². The maximum absolute atomic E-state index is 9.88. The van der Waals surface area contributed by atoms with Gasteiger partial charge in [-0.05, 0) is 53.4 Å². The van der Waals surface area contributed by atoms with Gasteiger partial charge in [0.05, 0.1) is 4.88 Å². The summed E-state index contributed by atoms with van der Waals surface area (Å²) in [6.45, 7) is 3.52. The van der Waals surface area contributed by atoms with E-state index in [1.165, 1.54) is 35.1 Å². The molecule has 0 amide bonds. The van der Waals surface area contributed by atoms with Crippen LogP contribution in [0.1, 0.15) is 40.9 Å². The second-order valence-corrected chi connectivity index (χ2v) is 9.38. The van der Waals surface area contributed by atoms with Crippen molar-refractivity contribution in [3.05, 3.63) is 111 Å². The number of nitrogens with two attached hydrogens (primary N) is 1. The molecule has 12 heteroatoms. The Morgan fingerprint density at radius 1 is 0.732 bits per heavy atom. The standard InChI is InChI=1S/C12H12S.C6H7N.C5H4OS.C4H6O4.C2H3BO2.Na/c1-2-5-11(6-3-1)8-9-12-7-4-10-13-12;7-6-4-2-1-3-5-6;6-4-5-2-1-3-7-5;1-3(5)7-8-4(2)6;1-2(4)5-3;/h1-7,10H,8-9H2;1-5H,7H2;1-4H;1-2H3;1H3;/q;;;;-1;+1. The number of rotatable bonds is 4. The fraction of sp³-hybridized carbons (Fsp3) is 0.172. The molecule has 0 bridgehead atoms. The van der Waals surface area contributed by atoms with Gasteiger partial charge in [-0.25, -0.2) is 19.4 Å². The van der Waals surface area contributed by atoms with Crippen molar-refractivity contribution in [2.24, 2.45) is 0 Å². The van der Waals surface area contributed by atoms with Crippen molar-refractivity contribution in [1.82, 2.24) is 0 Å². The predicted molar refractivity (Wildman–Crippen MR) is 160 cm³/mol. The molecule has 0 unspecified atom stereocenters. The maximum Gasteiger partial charge on any atom is 1.00 e. The number of carbonyl (C=O) groups is 4. The zero-order valence-corrected chi connectivity index (χ0v) is 27.2. The van der Waals surface area contributed by atoms with Crippen molar-refractivity contribution in [3.63, 3.8) is 0 Å². The summed E-state index contributed by atoms with van der Waals surface area (Å²) in [5, 5.41) is 4.02. The van der Waals surface area contributed by atoms with Crippen LogP contribution in [0.3, 0.4) is 0 Å². The van der Waals surface area contributed by atoms with Crippen molar-refractivity contribution in [2.45, 2.75) is 33.6 Å². The average molecular weight is 605 g/mol. The number of para-hydroxylation sites is 1. The molecule has 0 saturated carbocycles. The molecule has 8 nitrogen and oxygen atoms in total. The minimum atomic E-state index is -0.639. The number of benzene rings is 2. The first-order valence-corrected chi connectivity index (χ1v) is 13.5. The van der Waals surface area contributed by atoms with Crippen molar-refractivity contribution in [1.29, 1.82) is 0 Å². The molecule has 0 atom stereocenters. The first-order chi connectivity index (χ1) is 19.2. The summed E-state index contributed by atoms with van der Waals surface area (Å²) in [6.07, 6.45) is 3.17. The molecule has 2 heterocycles. The van der Waals surface area contributed by atoms with Gasteiger partial charge < -0.3 is 18.4 Å². The van der Waals surface area contributed by atoms with E-state index >= 15 is 0 Å². The van der Waals surface area contributed by atoms with Gasteiger partial charge in [0.2, 0.25) is 5.97 Å². The molecular formula is C29H32BNNaO7S2. The minimum Gasteiger partial charge on any atom is -0.793 e. The smallest absolute Gasteiger partial charge is 0.793 e. The van der Waals surface area contributed by atoms with Crippen LogP contribution >= 0.6 is 22.7 Å². The van der Waals surface area contributed by atoms with Crippen LogP contribution in [-0.2, 0) is 41.7 Å². The quantitative estimate of drug-likeness (QED) is 0.124.